The van der Waals surface area contributed by atoms with E-state index >= 15 is 0 Å². The summed E-state index contributed by atoms with van der Waals surface area (Å²) in [4.78, 5) is 15.1. The third kappa shape index (κ3) is 6.62. The van der Waals surface area contributed by atoms with E-state index in [1.165, 1.54) is 12.1 Å². The van der Waals surface area contributed by atoms with Crippen LogP contribution in [0, 0.1) is 22.7 Å². The zero-order chi connectivity index (χ0) is 27.3. The Hall–Kier alpha value is -3.64. The predicted molar refractivity (Wildman–Crippen MR) is 138 cm³/mol. The second kappa shape index (κ2) is 11.4. The van der Waals surface area contributed by atoms with Gasteiger partial charge < -0.3 is 5.32 Å². The monoisotopic (exact) mass is 523 g/mol. The summed E-state index contributed by atoms with van der Waals surface area (Å²) in [6, 6.07) is 19.2. The van der Waals surface area contributed by atoms with E-state index in [1.807, 2.05) is 35.2 Å². The van der Waals surface area contributed by atoms with Gasteiger partial charge in [-0.25, -0.2) is 4.68 Å². The first-order valence-electron chi connectivity index (χ1n) is 12.8. The Bertz CT molecular complexity index is 1290. The third-order valence-electron chi connectivity index (χ3n) is 6.93. The van der Waals surface area contributed by atoms with Gasteiger partial charge in [0.2, 0.25) is 0 Å². The molecule has 0 spiro atoms. The van der Waals surface area contributed by atoms with Gasteiger partial charge in [-0.15, -0.1) is 0 Å². The summed E-state index contributed by atoms with van der Waals surface area (Å²) in [5, 5.41) is 17.4. The first-order chi connectivity index (χ1) is 18.1. The SMILES string of the molecule is CC(C)Cc1cc(C(=O)NCC2(C#N)CCN(Cc3cccc(C(F)(F)F)c3)CC2)nn1-c1ccccc1. The average molecular weight is 524 g/mol. The number of para-hydroxylation sites is 1. The highest BCUT2D eigenvalue weighted by molar-refractivity contribution is 5.92. The van der Waals surface area contributed by atoms with E-state index in [2.05, 4.69) is 30.3 Å². The van der Waals surface area contributed by atoms with Crippen molar-refractivity contribution < 1.29 is 18.0 Å². The van der Waals surface area contributed by atoms with Crippen LogP contribution in [0.3, 0.4) is 0 Å². The molecule has 1 aliphatic rings. The summed E-state index contributed by atoms with van der Waals surface area (Å²) in [7, 11) is 0. The van der Waals surface area contributed by atoms with Crippen molar-refractivity contribution in [1.29, 1.82) is 5.26 Å². The number of rotatable bonds is 8. The molecule has 200 valence electrons. The molecule has 0 aliphatic carbocycles. The minimum atomic E-state index is -4.38. The highest BCUT2D eigenvalue weighted by Gasteiger charge is 2.36. The van der Waals surface area contributed by atoms with Gasteiger partial charge in [0.25, 0.3) is 5.91 Å². The predicted octanol–water partition coefficient (Wildman–Crippen LogP) is 5.63. The van der Waals surface area contributed by atoms with Gasteiger partial charge in [-0.1, -0.05) is 50.2 Å². The largest absolute Gasteiger partial charge is 0.416 e. The van der Waals surface area contributed by atoms with E-state index in [9.17, 15) is 23.2 Å². The number of nitrogens with zero attached hydrogens (tertiary/aromatic N) is 4. The Morgan fingerprint density at radius 1 is 1.11 bits per heavy atom. The van der Waals surface area contributed by atoms with Crippen LogP contribution in [-0.2, 0) is 19.1 Å². The van der Waals surface area contributed by atoms with Gasteiger partial charge in [-0.3, -0.25) is 9.69 Å². The molecule has 0 radical (unpaired) electrons. The van der Waals surface area contributed by atoms with Crippen LogP contribution in [-0.4, -0.2) is 40.2 Å². The summed E-state index contributed by atoms with van der Waals surface area (Å²) in [6.45, 7) is 5.91. The number of halogens is 3. The molecule has 4 rings (SSSR count). The summed E-state index contributed by atoms with van der Waals surface area (Å²) in [6.07, 6.45) is -2.59. The van der Waals surface area contributed by atoms with Crippen molar-refractivity contribution in [3.05, 3.63) is 83.2 Å². The van der Waals surface area contributed by atoms with E-state index in [0.29, 0.717) is 49.7 Å². The molecule has 0 bridgehead atoms. The standard InChI is InChI=1S/C29H32F3N5O/c1-21(2)15-25-17-26(35-37(25)24-9-4-3-5-10-24)27(38)34-20-28(19-33)11-13-36(14-12-28)18-22-7-6-8-23(16-22)29(30,31)32/h3-10,16-17,21H,11-15,18,20H2,1-2H3,(H,34,38). The lowest BCUT2D eigenvalue weighted by Gasteiger charge is -2.37. The Balaban J connectivity index is 1.38. The van der Waals surface area contributed by atoms with Gasteiger partial charge in [-0.2, -0.15) is 23.5 Å². The number of nitrogens with one attached hydrogen (secondary N) is 1. The Morgan fingerprint density at radius 3 is 2.45 bits per heavy atom. The molecule has 6 nitrogen and oxygen atoms in total. The molecule has 1 fully saturated rings. The van der Waals surface area contributed by atoms with Crippen molar-refractivity contribution in [2.45, 2.75) is 45.8 Å². The molecule has 1 aromatic heterocycles. The molecule has 3 aromatic rings. The number of hydrogen-bond acceptors (Lipinski definition) is 4. The molecule has 9 heteroatoms. The lowest BCUT2D eigenvalue weighted by Crippen LogP contribution is -2.45. The number of alkyl halides is 3. The first kappa shape index (κ1) is 27.4. The van der Waals surface area contributed by atoms with E-state index in [1.54, 1.807) is 16.8 Å². The molecule has 2 heterocycles. The number of carbonyl (C=O) groups excluding carboxylic acids is 1. The molecule has 0 saturated carbocycles. The van der Waals surface area contributed by atoms with Crippen molar-refractivity contribution in [3.8, 4) is 11.8 Å². The zero-order valence-corrected chi connectivity index (χ0v) is 21.6. The summed E-state index contributed by atoms with van der Waals surface area (Å²) in [5.41, 5.74) is 1.32. The maximum atomic E-state index is 13.0. The molecule has 0 unspecified atom stereocenters. The zero-order valence-electron chi connectivity index (χ0n) is 21.6. The molecular weight excluding hydrogens is 491 g/mol. The number of aromatic nitrogens is 2. The number of amides is 1. The van der Waals surface area contributed by atoms with E-state index in [4.69, 9.17) is 0 Å². The second-order valence-corrected chi connectivity index (χ2v) is 10.4. The Labute approximate surface area is 221 Å². The van der Waals surface area contributed by atoms with Gasteiger partial charge >= 0.3 is 6.18 Å². The van der Waals surface area contributed by atoms with Crippen molar-refractivity contribution in [3.63, 3.8) is 0 Å². The van der Waals surface area contributed by atoms with Crippen LogP contribution >= 0.6 is 0 Å². The maximum Gasteiger partial charge on any atom is 0.416 e. The van der Waals surface area contributed by atoms with Gasteiger partial charge in [-0.05, 0) is 55.0 Å². The number of hydrogen-bond donors (Lipinski definition) is 1. The maximum absolute atomic E-state index is 13.0. The van der Waals surface area contributed by atoms with Crippen LogP contribution < -0.4 is 5.32 Å². The van der Waals surface area contributed by atoms with Crippen LogP contribution in [0.25, 0.3) is 5.69 Å². The quantitative estimate of drug-likeness (QED) is 0.416. The topological polar surface area (TPSA) is 74.0 Å². The molecule has 38 heavy (non-hydrogen) atoms. The van der Waals surface area contributed by atoms with Crippen LogP contribution in [0.5, 0.6) is 0 Å². The molecular formula is C29H32F3N5O. The number of piperidine rings is 1. The highest BCUT2D eigenvalue weighted by atomic mass is 19.4. The first-order valence-corrected chi connectivity index (χ1v) is 12.8. The lowest BCUT2D eigenvalue weighted by molar-refractivity contribution is -0.137. The molecule has 0 atom stereocenters. The smallest absolute Gasteiger partial charge is 0.349 e. The van der Waals surface area contributed by atoms with Crippen LogP contribution in [0.15, 0.2) is 60.7 Å². The molecule has 1 amide bonds. The molecule has 2 aromatic carbocycles. The Morgan fingerprint density at radius 2 is 1.82 bits per heavy atom. The van der Waals surface area contributed by atoms with Crippen LogP contribution in [0.2, 0.25) is 0 Å². The van der Waals surface area contributed by atoms with Crippen molar-refractivity contribution >= 4 is 5.91 Å². The number of nitriles is 1. The van der Waals surface area contributed by atoms with Gasteiger partial charge in [0.15, 0.2) is 5.69 Å². The summed E-state index contributed by atoms with van der Waals surface area (Å²) in [5.74, 6) is 0.0544. The van der Waals surface area contributed by atoms with Crippen molar-refractivity contribution in [2.24, 2.45) is 11.3 Å². The average Bonchev–Trinajstić information content (AvgIpc) is 3.32. The number of benzene rings is 2. The third-order valence-corrected chi connectivity index (χ3v) is 6.93. The highest BCUT2D eigenvalue weighted by Crippen LogP contribution is 2.32. The van der Waals surface area contributed by atoms with Crippen LogP contribution in [0.1, 0.15) is 54.0 Å². The van der Waals surface area contributed by atoms with Gasteiger partial charge in [0, 0.05) is 31.9 Å². The summed E-state index contributed by atoms with van der Waals surface area (Å²) < 4.78 is 40.9. The normalized spacial score (nSPS) is 15.8. The lowest BCUT2D eigenvalue weighted by atomic mass is 9.79. The molecule has 1 N–H and O–H groups in total. The fraction of sp³-hybridized carbons (Fsp3) is 0.414. The van der Waals surface area contributed by atoms with E-state index < -0.39 is 17.2 Å². The minimum absolute atomic E-state index is 0.192. The number of likely N-dealkylation sites (tertiary alicyclic amines) is 1. The second-order valence-electron chi connectivity index (χ2n) is 10.4. The molecule has 1 aliphatic heterocycles. The van der Waals surface area contributed by atoms with Gasteiger partial charge in [0.05, 0.1) is 22.7 Å². The fourth-order valence-electron chi connectivity index (χ4n) is 4.80. The Kier molecular flexibility index (Phi) is 8.22. The summed E-state index contributed by atoms with van der Waals surface area (Å²) >= 11 is 0. The van der Waals surface area contributed by atoms with E-state index in [0.717, 1.165) is 23.9 Å². The van der Waals surface area contributed by atoms with Crippen LogP contribution in [0.4, 0.5) is 13.2 Å². The van der Waals surface area contributed by atoms with Gasteiger partial charge in [0.1, 0.15) is 0 Å². The number of carbonyl (C=O) groups is 1. The fourth-order valence-corrected chi connectivity index (χ4v) is 4.80. The van der Waals surface area contributed by atoms with Crippen molar-refractivity contribution in [2.75, 3.05) is 19.6 Å². The van der Waals surface area contributed by atoms with E-state index in [-0.39, 0.29) is 12.5 Å². The van der Waals surface area contributed by atoms with Crippen molar-refractivity contribution in [1.82, 2.24) is 20.0 Å². The minimum Gasteiger partial charge on any atom is -0.349 e. The molecule has 1 saturated heterocycles.